The highest BCUT2D eigenvalue weighted by Crippen LogP contribution is 2.41. The van der Waals surface area contributed by atoms with E-state index in [1.807, 2.05) is 35.2 Å². The summed E-state index contributed by atoms with van der Waals surface area (Å²) in [6.45, 7) is 0.836. The van der Waals surface area contributed by atoms with Gasteiger partial charge in [0.15, 0.2) is 11.3 Å². The molecule has 6 heteroatoms. The van der Waals surface area contributed by atoms with Gasteiger partial charge >= 0.3 is 6.61 Å². The molecule has 1 unspecified atom stereocenters. The van der Waals surface area contributed by atoms with E-state index >= 15 is 0 Å². The molecule has 0 radical (unpaired) electrons. The Kier molecular flexibility index (Phi) is 5.20. The van der Waals surface area contributed by atoms with Crippen molar-refractivity contribution in [1.29, 1.82) is 0 Å². The van der Waals surface area contributed by atoms with Crippen LogP contribution >= 0.6 is 0 Å². The van der Waals surface area contributed by atoms with E-state index in [4.69, 9.17) is 4.42 Å². The Morgan fingerprint density at radius 1 is 1.21 bits per heavy atom. The second kappa shape index (κ2) is 7.78. The van der Waals surface area contributed by atoms with E-state index in [2.05, 4.69) is 11.7 Å². The number of hydrogen-bond donors (Lipinski definition) is 0. The van der Waals surface area contributed by atoms with Crippen molar-refractivity contribution in [2.45, 2.75) is 45.1 Å². The van der Waals surface area contributed by atoms with Crippen molar-refractivity contribution >= 4 is 27.8 Å². The number of rotatable bonds is 7. The molecule has 148 valence electrons. The molecule has 1 aliphatic rings. The molecule has 1 saturated heterocycles. The van der Waals surface area contributed by atoms with Gasteiger partial charge in [0, 0.05) is 30.3 Å². The number of furan rings is 1. The van der Waals surface area contributed by atoms with Crippen LogP contribution in [0.15, 0.2) is 40.8 Å². The van der Waals surface area contributed by atoms with E-state index in [1.165, 1.54) is 0 Å². The summed E-state index contributed by atoms with van der Waals surface area (Å²) in [6, 6.07) is 10.9. The number of halogens is 2. The van der Waals surface area contributed by atoms with Gasteiger partial charge in [-0.15, -0.1) is 0 Å². The zero-order valence-electron chi connectivity index (χ0n) is 15.8. The van der Waals surface area contributed by atoms with Crippen LogP contribution in [0.25, 0.3) is 21.9 Å². The zero-order chi connectivity index (χ0) is 19.7. The Hall–Kier alpha value is -2.63. The van der Waals surface area contributed by atoms with Crippen molar-refractivity contribution in [3.8, 4) is 5.75 Å². The average Bonchev–Trinajstić information content (AvgIpc) is 3.25. The molecule has 0 bridgehead atoms. The topological polar surface area (TPSA) is 42.7 Å². The van der Waals surface area contributed by atoms with Gasteiger partial charge in [-0.25, -0.2) is 0 Å². The molecule has 1 fully saturated rings. The molecule has 2 heterocycles. The number of benzene rings is 2. The Morgan fingerprint density at radius 2 is 2.04 bits per heavy atom. The summed E-state index contributed by atoms with van der Waals surface area (Å²) < 4.78 is 36.2. The number of ether oxygens (including phenoxy) is 1. The van der Waals surface area contributed by atoms with E-state index in [-0.39, 0.29) is 17.6 Å². The van der Waals surface area contributed by atoms with Gasteiger partial charge in [0.2, 0.25) is 5.91 Å². The van der Waals surface area contributed by atoms with Gasteiger partial charge in [-0.1, -0.05) is 31.2 Å². The highest BCUT2D eigenvalue weighted by molar-refractivity contribution is 6.08. The molecule has 1 amide bonds. The van der Waals surface area contributed by atoms with Crippen LogP contribution in [0.1, 0.15) is 44.1 Å². The second-order valence-corrected chi connectivity index (χ2v) is 7.36. The summed E-state index contributed by atoms with van der Waals surface area (Å²) in [5.74, 6) is 0.492. The number of carbonyl (C=O) groups is 1. The van der Waals surface area contributed by atoms with Crippen LogP contribution < -0.4 is 4.74 Å². The van der Waals surface area contributed by atoms with Gasteiger partial charge < -0.3 is 14.1 Å². The third-order valence-corrected chi connectivity index (χ3v) is 5.51. The number of nitrogens with zero attached hydrogens (tertiary/aromatic N) is 1. The van der Waals surface area contributed by atoms with E-state index in [0.717, 1.165) is 48.7 Å². The van der Waals surface area contributed by atoms with E-state index in [1.54, 1.807) is 6.07 Å². The summed E-state index contributed by atoms with van der Waals surface area (Å²) in [5, 5.41) is 1.73. The van der Waals surface area contributed by atoms with Gasteiger partial charge in [0.25, 0.3) is 0 Å². The molecule has 0 N–H and O–H groups in total. The van der Waals surface area contributed by atoms with Crippen LogP contribution in [0.2, 0.25) is 0 Å². The van der Waals surface area contributed by atoms with Crippen molar-refractivity contribution < 1.29 is 22.7 Å². The third-order valence-electron chi connectivity index (χ3n) is 5.51. The maximum Gasteiger partial charge on any atom is 0.387 e. The Morgan fingerprint density at radius 3 is 2.79 bits per heavy atom. The lowest BCUT2D eigenvalue weighted by molar-refractivity contribution is -0.127. The molecule has 0 aliphatic carbocycles. The Bertz CT molecular complexity index is 998. The van der Waals surface area contributed by atoms with Gasteiger partial charge in [-0.3, -0.25) is 4.79 Å². The maximum atomic E-state index is 12.8. The van der Waals surface area contributed by atoms with Gasteiger partial charge in [-0.2, -0.15) is 8.78 Å². The summed E-state index contributed by atoms with van der Waals surface area (Å²) in [6.07, 6.45) is 3.40. The van der Waals surface area contributed by atoms with E-state index < -0.39 is 6.61 Å². The van der Waals surface area contributed by atoms with Gasteiger partial charge in [0.1, 0.15) is 5.58 Å². The number of alkyl halides is 2. The first kappa shape index (κ1) is 18.7. The number of hydrogen-bond acceptors (Lipinski definition) is 3. The van der Waals surface area contributed by atoms with Crippen LogP contribution in [0.3, 0.4) is 0 Å². The maximum absolute atomic E-state index is 12.8. The SMILES string of the molecule is CC(CCCN1CCCC1=O)c1ccc(OC(F)F)c2oc3ccccc3c12. The van der Waals surface area contributed by atoms with E-state index in [0.29, 0.717) is 17.6 Å². The number of likely N-dealkylation sites (tertiary alicyclic amines) is 1. The molecule has 1 aliphatic heterocycles. The summed E-state index contributed by atoms with van der Waals surface area (Å²) in [5.41, 5.74) is 2.06. The van der Waals surface area contributed by atoms with Gasteiger partial charge in [-0.05, 0) is 42.9 Å². The zero-order valence-corrected chi connectivity index (χ0v) is 15.8. The summed E-state index contributed by atoms with van der Waals surface area (Å²) in [7, 11) is 0. The first-order valence-electron chi connectivity index (χ1n) is 9.71. The van der Waals surface area contributed by atoms with Crippen LogP contribution in [0.5, 0.6) is 5.75 Å². The molecule has 3 aromatic rings. The monoisotopic (exact) mass is 387 g/mol. The largest absolute Gasteiger partial charge is 0.452 e. The molecule has 0 spiro atoms. The van der Waals surface area contributed by atoms with Gasteiger partial charge in [0.05, 0.1) is 0 Å². The summed E-state index contributed by atoms with van der Waals surface area (Å²) >= 11 is 0. The molecule has 4 nitrogen and oxygen atoms in total. The third kappa shape index (κ3) is 3.55. The average molecular weight is 387 g/mol. The molecular formula is C22H23F2NO3. The first-order chi connectivity index (χ1) is 13.5. The number of amides is 1. The van der Waals surface area contributed by atoms with Crippen LogP contribution in [0.4, 0.5) is 8.78 Å². The minimum absolute atomic E-state index is 0.0554. The lowest BCUT2D eigenvalue weighted by Gasteiger charge is -2.18. The minimum Gasteiger partial charge on any atom is -0.452 e. The Labute approximate surface area is 162 Å². The predicted molar refractivity (Wildman–Crippen MR) is 104 cm³/mol. The van der Waals surface area contributed by atoms with Crippen LogP contribution in [-0.2, 0) is 4.79 Å². The molecular weight excluding hydrogens is 364 g/mol. The first-order valence-corrected chi connectivity index (χ1v) is 9.71. The van der Waals surface area contributed by atoms with Crippen molar-refractivity contribution in [2.24, 2.45) is 0 Å². The fourth-order valence-electron chi connectivity index (χ4n) is 4.11. The van der Waals surface area contributed by atoms with Crippen molar-refractivity contribution in [3.63, 3.8) is 0 Å². The molecule has 28 heavy (non-hydrogen) atoms. The standard InChI is InChI=1S/C22H23F2NO3/c1-14(6-4-12-25-13-5-9-19(25)26)15-10-11-18(28-22(23)24)21-20(15)16-7-2-3-8-17(16)27-21/h2-3,7-8,10-11,14,22H,4-6,9,12-13H2,1H3. The van der Waals surface area contributed by atoms with Crippen molar-refractivity contribution in [2.75, 3.05) is 13.1 Å². The molecule has 0 saturated carbocycles. The number of carbonyl (C=O) groups excluding carboxylic acids is 1. The van der Waals surface area contributed by atoms with Crippen LogP contribution in [0, 0.1) is 0 Å². The lowest BCUT2D eigenvalue weighted by Crippen LogP contribution is -2.25. The minimum atomic E-state index is -2.90. The number of fused-ring (bicyclic) bond motifs is 3. The number of para-hydroxylation sites is 1. The van der Waals surface area contributed by atoms with Crippen LogP contribution in [-0.4, -0.2) is 30.5 Å². The normalized spacial score (nSPS) is 15.9. The summed E-state index contributed by atoms with van der Waals surface area (Å²) in [4.78, 5) is 13.7. The van der Waals surface area contributed by atoms with E-state index in [9.17, 15) is 13.6 Å². The highest BCUT2D eigenvalue weighted by Gasteiger charge is 2.22. The molecule has 2 aromatic carbocycles. The highest BCUT2D eigenvalue weighted by atomic mass is 19.3. The Balaban J connectivity index is 1.63. The fraction of sp³-hybridized carbons (Fsp3) is 0.409. The van der Waals surface area contributed by atoms with Crippen molar-refractivity contribution in [1.82, 2.24) is 4.90 Å². The predicted octanol–water partition coefficient (Wildman–Crippen LogP) is 5.69. The molecule has 4 rings (SSSR count). The fourth-order valence-corrected chi connectivity index (χ4v) is 4.11. The quantitative estimate of drug-likeness (QED) is 0.523. The smallest absolute Gasteiger partial charge is 0.387 e. The van der Waals surface area contributed by atoms with Crippen molar-refractivity contribution in [3.05, 3.63) is 42.0 Å². The second-order valence-electron chi connectivity index (χ2n) is 7.36. The lowest BCUT2D eigenvalue weighted by atomic mass is 9.92. The molecule has 1 aromatic heterocycles. The molecule has 1 atom stereocenters.